The maximum atomic E-state index is 12.1. The molecule has 1 aliphatic heterocycles. The summed E-state index contributed by atoms with van der Waals surface area (Å²) >= 11 is 5.80. The molecule has 0 radical (unpaired) electrons. The molecule has 0 unspecified atom stereocenters. The van der Waals surface area contributed by atoms with Crippen molar-refractivity contribution in [2.24, 2.45) is 5.92 Å². The smallest absolute Gasteiger partial charge is 0.225 e. The number of pyridine rings is 2. The maximum absolute atomic E-state index is 12.1. The highest BCUT2D eigenvalue weighted by Gasteiger charge is 2.27. The summed E-state index contributed by atoms with van der Waals surface area (Å²) in [6, 6.07) is 7.27. The Hall–Kier alpha value is -2.18. The van der Waals surface area contributed by atoms with Crippen LogP contribution in [0.2, 0.25) is 5.02 Å². The molecule has 4 rings (SSSR count). The number of aryl methyl sites for hydroxylation is 1. The molecule has 2 aromatic rings. The number of hydrogen-bond acceptors (Lipinski definition) is 5. The van der Waals surface area contributed by atoms with E-state index in [0.717, 1.165) is 37.4 Å². The van der Waals surface area contributed by atoms with Gasteiger partial charge in [0, 0.05) is 44.5 Å². The molecular weight excluding hydrogens is 388 g/mol. The van der Waals surface area contributed by atoms with Crippen molar-refractivity contribution in [3.8, 4) is 5.88 Å². The first-order valence-electron chi connectivity index (χ1n) is 10.4. The van der Waals surface area contributed by atoms with Crippen molar-refractivity contribution in [3.05, 3.63) is 47.2 Å². The number of ether oxygens (including phenoxy) is 1. The minimum absolute atomic E-state index is 0.0851. The van der Waals surface area contributed by atoms with E-state index in [-0.39, 0.29) is 12.0 Å². The molecule has 3 heterocycles. The van der Waals surface area contributed by atoms with E-state index in [1.165, 1.54) is 25.6 Å². The minimum Gasteiger partial charge on any atom is -0.474 e. The van der Waals surface area contributed by atoms with Crippen LogP contribution in [0.25, 0.3) is 0 Å². The largest absolute Gasteiger partial charge is 0.474 e. The van der Waals surface area contributed by atoms with Crippen LogP contribution >= 0.6 is 11.6 Å². The molecule has 1 N–H and O–H groups in total. The Morgan fingerprint density at radius 2 is 1.93 bits per heavy atom. The average molecular weight is 415 g/mol. The second-order valence-corrected chi connectivity index (χ2v) is 8.41. The van der Waals surface area contributed by atoms with Crippen LogP contribution in [-0.4, -0.2) is 46.5 Å². The molecule has 2 fully saturated rings. The van der Waals surface area contributed by atoms with Crippen LogP contribution in [-0.2, 0) is 11.2 Å². The summed E-state index contributed by atoms with van der Waals surface area (Å²) in [5.41, 5.74) is 1.01. The first kappa shape index (κ1) is 20.1. The number of rotatable bonds is 8. The first-order chi connectivity index (χ1) is 14.1. The quantitative estimate of drug-likeness (QED) is 0.708. The minimum atomic E-state index is -0.0851. The summed E-state index contributed by atoms with van der Waals surface area (Å²) in [7, 11) is 0. The molecule has 1 aliphatic carbocycles. The van der Waals surface area contributed by atoms with Gasteiger partial charge in [0.1, 0.15) is 11.9 Å². The second kappa shape index (κ2) is 9.55. The van der Waals surface area contributed by atoms with Gasteiger partial charge in [-0.25, -0.2) is 9.97 Å². The predicted molar refractivity (Wildman–Crippen MR) is 113 cm³/mol. The van der Waals surface area contributed by atoms with Crippen molar-refractivity contribution in [1.29, 1.82) is 0 Å². The van der Waals surface area contributed by atoms with Gasteiger partial charge in [-0.1, -0.05) is 17.7 Å². The number of hydrogen-bond donors (Lipinski definition) is 1. The monoisotopic (exact) mass is 414 g/mol. The zero-order chi connectivity index (χ0) is 20.1. The van der Waals surface area contributed by atoms with E-state index in [2.05, 4.69) is 20.2 Å². The number of nitrogens with one attached hydrogen (secondary N) is 1. The lowest BCUT2D eigenvalue weighted by molar-refractivity contribution is -0.116. The molecular formula is C22H27ClN4O2. The Morgan fingerprint density at radius 1 is 1.10 bits per heavy atom. The molecule has 0 spiro atoms. The SMILES string of the molecule is O=C(CCc1ccc(OC2CCN(CC3CC3)CC2)nc1)Nc1ccc(Cl)cn1. The lowest BCUT2D eigenvalue weighted by Gasteiger charge is -2.31. The van der Waals surface area contributed by atoms with Crippen LogP contribution in [0.15, 0.2) is 36.7 Å². The summed E-state index contributed by atoms with van der Waals surface area (Å²) < 4.78 is 6.06. The number of piperidine rings is 1. The fraction of sp³-hybridized carbons (Fsp3) is 0.500. The fourth-order valence-electron chi connectivity index (χ4n) is 3.59. The Morgan fingerprint density at radius 3 is 2.59 bits per heavy atom. The Bertz CT molecular complexity index is 801. The van der Waals surface area contributed by atoms with E-state index in [0.29, 0.717) is 29.6 Å². The molecule has 1 saturated heterocycles. The van der Waals surface area contributed by atoms with Gasteiger partial charge < -0.3 is 15.0 Å². The van der Waals surface area contributed by atoms with Crippen LogP contribution in [0.3, 0.4) is 0 Å². The number of halogens is 1. The summed E-state index contributed by atoms with van der Waals surface area (Å²) in [5.74, 6) is 2.04. The second-order valence-electron chi connectivity index (χ2n) is 7.98. The predicted octanol–water partition coefficient (Wildman–Crippen LogP) is 3.95. The summed E-state index contributed by atoms with van der Waals surface area (Å²) in [6.07, 6.45) is 9.49. The molecule has 7 heteroatoms. The highest BCUT2D eigenvalue weighted by molar-refractivity contribution is 6.30. The molecule has 2 aromatic heterocycles. The van der Waals surface area contributed by atoms with Crippen LogP contribution < -0.4 is 10.1 Å². The number of carbonyl (C=O) groups is 1. The van der Waals surface area contributed by atoms with Gasteiger partial charge in [0.25, 0.3) is 0 Å². The average Bonchev–Trinajstić information content (AvgIpc) is 3.55. The van der Waals surface area contributed by atoms with Gasteiger partial charge in [0.05, 0.1) is 5.02 Å². The van der Waals surface area contributed by atoms with Crippen molar-refractivity contribution in [1.82, 2.24) is 14.9 Å². The number of aromatic nitrogens is 2. The molecule has 0 bridgehead atoms. The molecule has 0 atom stereocenters. The number of nitrogens with zero attached hydrogens (tertiary/aromatic N) is 3. The molecule has 1 saturated carbocycles. The molecule has 6 nitrogen and oxygen atoms in total. The van der Waals surface area contributed by atoms with E-state index in [4.69, 9.17) is 16.3 Å². The number of likely N-dealkylation sites (tertiary alicyclic amines) is 1. The summed E-state index contributed by atoms with van der Waals surface area (Å²) in [5, 5.41) is 3.31. The standard InChI is InChI=1S/C22H27ClN4O2/c23-18-5-6-20(24-14-18)26-21(28)7-3-16-4-8-22(25-13-16)29-19-9-11-27(12-10-19)15-17-1-2-17/h4-6,8,13-14,17,19H,1-3,7,9-12,15H2,(H,24,26,28). The zero-order valence-electron chi connectivity index (χ0n) is 16.5. The van der Waals surface area contributed by atoms with Gasteiger partial charge >= 0.3 is 0 Å². The van der Waals surface area contributed by atoms with E-state index in [1.807, 2.05) is 12.1 Å². The first-order valence-corrected chi connectivity index (χ1v) is 10.8. The number of anilines is 1. The third-order valence-corrected chi connectivity index (χ3v) is 5.69. The van der Waals surface area contributed by atoms with Gasteiger partial charge in [-0.05, 0) is 55.7 Å². The van der Waals surface area contributed by atoms with Crippen molar-refractivity contribution in [2.75, 3.05) is 25.0 Å². The van der Waals surface area contributed by atoms with Crippen LogP contribution in [0.1, 0.15) is 37.7 Å². The van der Waals surface area contributed by atoms with Crippen LogP contribution in [0.4, 0.5) is 5.82 Å². The fourth-order valence-corrected chi connectivity index (χ4v) is 3.70. The summed E-state index contributed by atoms with van der Waals surface area (Å²) in [6.45, 7) is 3.51. The van der Waals surface area contributed by atoms with Crippen LogP contribution in [0.5, 0.6) is 5.88 Å². The zero-order valence-corrected chi connectivity index (χ0v) is 17.3. The van der Waals surface area contributed by atoms with Crippen molar-refractivity contribution in [2.45, 2.75) is 44.6 Å². The van der Waals surface area contributed by atoms with Gasteiger partial charge in [-0.3, -0.25) is 4.79 Å². The molecule has 29 heavy (non-hydrogen) atoms. The topological polar surface area (TPSA) is 67.3 Å². The molecule has 154 valence electrons. The Balaban J connectivity index is 1.18. The third kappa shape index (κ3) is 6.41. The normalized spacial score (nSPS) is 17.8. The van der Waals surface area contributed by atoms with E-state index in [9.17, 15) is 4.79 Å². The third-order valence-electron chi connectivity index (χ3n) is 5.47. The molecule has 2 aliphatic rings. The lowest BCUT2D eigenvalue weighted by atomic mass is 10.1. The Kier molecular flexibility index (Phi) is 6.62. The van der Waals surface area contributed by atoms with Gasteiger partial charge in [0.2, 0.25) is 11.8 Å². The molecule has 1 amide bonds. The molecule has 0 aromatic carbocycles. The van der Waals surface area contributed by atoms with Gasteiger partial charge in [0.15, 0.2) is 0 Å². The summed E-state index contributed by atoms with van der Waals surface area (Å²) in [4.78, 5) is 23.1. The van der Waals surface area contributed by atoms with Gasteiger partial charge in [-0.15, -0.1) is 0 Å². The van der Waals surface area contributed by atoms with E-state index >= 15 is 0 Å². The highest BCUT2D eigenvalue weighted by Crippen LogP contribution is 2.30. The maximum Gasteiger partial charge on any atom is 0.225 e. The lowest BCUT2D eigenvalue weighted by Crippen LogP contribution is -2.39. The van der Waals surface area contributed by atoms with Crippen molar-refractivity contribution in [3.63, 3.8) is 0 Å². The van der Waals surface area contributed by atoms with E-state index < -0.39 is 0 Å². The van der Waals surface area contributed by atoms with Crippen molar-refractivity contribution >= 4 is 23.3 Å². The van der Waals surface area contributed by atoms with Crippen LogP contribution in [0, 0.1) is 5.92 Å². The van der Waals surface area contributed by atoms with E-state index in [1.54, 1.807) is 18.3 Å². The number of amides is 1. The highest BCUT2D eigenvalue weighted by atomic mass is 35.5. The number of carbonyl (C=O) groups excluding carboxylic acids is 1. The Labute approximate surface area is 176 Å². The van der Waals surface area contributed by atoms with Crippen molar-refractivity contribution < 1.29 is 9.53 Å². The van der Waals surface area contributed by atoms with Gasteiger partial charge in [-0.2, -0.15) is 0 Å².